The molecule has 0 atom stereocenters. The van der Waals surface area contributed by atoms with E-state index in [9.17, 15) is 4.79 Å². The van der Waals surface area contributed by atoms with Crippen LogP contribution < -0.4 is 10.5 Å². The quantitative estimate of drug-likeness (QED) is 0.923. The zero-order valence-electron chi connectivity index (χ0n) is 13.0. The Morgan fingerprint density at radius 2 is 1.86 bits per heavy atom. The number of halogens is 1. The summed E-state index contributed by atoms with van der Waals surface area (Å²) in [6.07, 6.45) is -1.31. The number of carbonyl (C=O) groups is 1. The van der Waals surface area contributed by atoms with Gasteiger partial charge in [0.2, 0.25) is 0 Å². The Kier molecular flexibility index (Phi) is 4.01. The van der Waals surface area contributed by atoms with Crippen LogP contribution in [-0.2, 0) is 4.74 Å². The summed E-state index contributed by atoms with van der Waals surface area (Å²) < 4.78 is 11.3. The summed E-state index contributed by atoms with van der Waals surface area (Å²) in [5, 5.41) is 9.24. The molecule has 0 unspecified atom stereocenters. The minimum Gasteiger partial charge on any atom is -0.489 e. The first-order valence-corrected chi connectivity index (χ1v) is 7.31. The molecule has 0 aromatic heterocycles. The minimum atomic E-state index is -0.786. The standard InChI is InChI=1S/C16H19ClN2O3/c1-15(2)12(16(3,4)13(15)22-14(19)20)21-10-6-5-9(8-18)11(17)7-10/h5-7,12-13H,1-4H3,(H2,19,20). The van der Waals surface area contributed by atoms with Crippen molar-refractivity contribution in [3.63, 3.8) is 0 Å². The zero-order chi connectivity index (χ0) is 16.7. The van der Waals surface area contributed by atoms with Crippen molar-refractivity contribution in [2.75, 3.05) is 0 Å². The highest BCUT2D eigenvalue weighted by atomic mass is 35.5. The van der Waals surface area contributed by atoms with Crippen LogP contribution in [0.3, 0.4) is 0 Å². The number of carbonyl (C=O) groups excluding carboxylic acids is 1. The lowest BCUT2D eigenvalue weighted by molar-refractivity contribution is -0.234. The topological polar surface area (TPSA) is 85.3 Å². The molecule has 1 aromatic rings. The normalized spacial score (nSPS) is 24.7. The summed E-state index contributed by atoms with van der Waals surface area (Å²) >= 11 is 6.03. The van der Waals surface area contributed by atoms with Gasteiger partial charge in [0.25, 0.3) is 0 Å². The summed E-state index contributed by atoms with van der Waals surface area (Å²) in [5.74, 6) is 0.577. The second kappa shape index (κ2) is 5.36. The molecule has 0 radical (unpaired) electrons. The second-order valence-corrected chi connectivity index (χ2v) is 7.12. The Bertz CT molecular complexity index is 633. The van der Waals surface area contributed by atoms with Crippen molar-refractivity contribution in [2.45, 2.75) is 39.9 Å². The van der Waals surface area contributed by atoms with Crippen molar-refractivity contribution < 1.29 is 14.3 Å². The highest BCUT2D eigenvalue weighted by Crippen LogP contribution is 2.57. The van der Waals surface area contributed by atoms with E-state index < -0.39 is 6.09 Å². The molecule has 0 spiro atoms. The summed E-state index contributed by atoms with van der Waals surface area (Å²) in [4.78, 5) is 11.1. The fraction of sp³-hybridized carbons (Fsp3) is 0.500. The smallest absolute Gasteiger partial charge is 0.404 e. The molecule has 1 amide bonds. The van der Waals surface area contributed by atoms with Gasteiger partial charge in [-0.15, -0.1) is 0 Å². The highest BCUT2D eigenvalue weighted by molar-refractivity contribution is 6.31. The molecule has 2 rings (SSSR count). The molecule has 118 valence electrons. The van der Waals surface area contributed by atoms with Crippen LogP contribution in [0.25, 0.3) is 0 Å². The van der Waals surface area contributed by atoms with Crippen molar-refractivity contribution in [1.29, 1.82) is 5.26 Å². The number of rotatable bonds is 3. The number of hydrogen-bond acceptors (Lipinski definition) is 4. The first-order valence-electron chi connectivity index (χ1n) is 6.93. The van der Waals surface area contributed by atoms with Crippen LogP contribution in [-0.4, -0.2) is 18.3 Å². The average Bonchev–Trinajstić information content (AvgIpc) is 2.41. The third-order valence-electron chi connectivity index (χ3n) is 4.25. The maximum atomic E-state index is 11.1. The van der Waals surface area contributed by atoms with Crippen molar-refractivity contribution in [1.82, 2.24) is 0 Å². The predicted octanol–water partition coefficient (Wildman–Crippen LogP) is 3.49. The van der Waals surface area contributed by atoms with Gasteiger partial charge in [-0.25, -0.2) is 4.79 Å². The fourth-order valence-electron chi connectivity index (χ4n) is 3.62. The van der Waals surface area contributed by atoms with E-state index in [0.29, 0.717) is 16.3 Å². The molecule has 0 heterocycles. The number of nitrogens with two attached hydrogens (primary N) is 1. The maximum absolute atomic E-state index is 11.1. The fourth-order valence-corrected chi connectivity index (χ4v) is 3.83. The van der Waals surface area contributed by atoms with Gasteiger partial charge in [-0.05, 0) is 12.1 Å². The van der Waals surface area contributed by atoms with E-state index in [-0.39, 0.29) is 23.0 Å². The molecular formula is C16H19ClN2O3. The molecule has 0 bridgehead atoms. The number of hydrogen-bond donors (Lipinski definition) is 1. The van der Waals surface area contributed by atoms with Crippen LogP contribution >= 0.6 is 11.6 Å². The van der Waals surface area contributed by atoms with E-state index in [0.717, 1.165) is 0 Å². The van der Waals surface area contributed by atoms with Gasteiger partial charge >= 0.3 is 6.09 Å². The monoisotopic (exact) mass is 322 g/mol. The minimum absolute atomic E-state index is 0.187. The summed E-state index contributed by atoms with van der Waals surface area (Å²) in [7, 11) is 0. The largest absolute Gasteiger partial charge is 0.489 e. The summed E-state index contributed by atoms with van der Waals surface area (Å²) in [5.41, 5.74) is 4.76. The molecule has 6 heteroatoms. The zero-order valence-corrected chi connectivity index (χ0v) is 13.8. The molecule has 1 aromatic carbocycles. The molecule has 1 aliphatic carbocycles. The molecule has 0 aliphatic heterocycles. The van der Waals surface area contributed by atoms with E-state index in [2.05, 4.69) is 0 Å². The lowest BCUT2D eigenvalue weighted by Gasteiger charge is -2.61. The molecule has 1 saturated carbocycles. The highest BCUT2D eigenvalue weighted by Gasteiger charge is 2.66. The average molecular weight is 323 g/mol. The van der Waals surface area contributed by atoms with Gasteiger partial charge in [-0.1, -0.05) is 39.3 Å². The number of nitriles is 1. The van der Waals surface area contributed by atoms with Crippen molar-refractivity contribution in [3.8, 4) is 11.8 Å². The third-order valence-corrected chi connectivity index (χ3v) is 4.56. The van der Waals surface area contributed by atoms with Crippen LogP contribution in [0.15, 0.2) is 18.2 Å². The van der Waals surface area contributed by atoms with E-state index in [1.54, 1.807) is 18.2 Å². The first-order chi connectivity index (χ1) is 10.1. The number of primary amides is 1. The number of nitrogens with zero attached hydrogens (tertiary/aromatic N) is 1. The molecule has 22 heavy (non-hydrogen) atoms. The molecule has 0 saturated heterocycles. The number of benzene rings is 1. The van der Waals surface area contributed by atoms with Crippen LogP contribution in [0.2, 0.25) is 5.02 Å². The second-order valence-electron chi connectivity index (χ2n) is 6.71. The SMILES string of the molecule is CC1(C)C(OC(N)=O)C(C)(C)C1Oc1ccc(C#N)c(Cl)c1. The predicted molar refractivity (Wildman–Crippen MR) is 82.6 cm³/mol. The maximum Gasteiger partial charge on any atom is 0.404 e. The Morgan fingerprint density at radius 3 is 2.32 bits per heavy atom. The van der Waals surface area contributed by atoms with Crippen LogP contribution in [0, 0.1) is 22.2 Å². The van der Waals surface area contributed by atoms with Crippen molar-refractivity contribution in [3.05, 3.63) is 28.8 Å². The molecule has 1 aliphatic rings. The molecule has 2 N–H and O–H groups in total. The Morgan fingerprint density at radius 1 is 1.27 bits per heavy atom. The summed E-state index contributed by atoms with van der Waals surface area (Å²) in [6, 6.07) is 6.95. The van der Waals surface area contributed by atoms with Gasteiger partial charge in [-0.3, -0.25) is 0 Å². The van der Waals surface area contributed by atoms with Crippen LogP contribution in [0.5, 0.6) is 5.75 Å². The lowest BCUT2D eigenvalue weighted by Crippen LogP contribution is -2.70. The van der Waals surface area contributed by atoms with E-state index in [4.69, 9.17) is 32.1 Å². The number of amides is 1. The molecule has 5 nitrogen and oxygen atoms in total. The molecular weight excluding hydrogens is 304 g/mol. The van der Waals surface area contributed by atoms with Crippen LogP contribution in [0.1, 0.15) is 33.3 Å². The van der Waals surface area contributed by atoms with Gasteiger partial charge in [0.15, 0.2) is 0 Å². The Labute approximate surface area is 134 Å². The van der Waals surface area contributed by atoms with Crippen molar-refractivity contribution in [2.24, 2.45) is 16.6 Å². The van der Waals surface area contributed by atoms with Gasteiger partial charge in [0, 0.05) is 16.9 Å². The lowest BCUT2D eigenvalue weighted by atomic mass is 9.51. The van der Waals surface area contributed by atoms with Gasteiger partial charge < -0.3 is 15.2 Å². The molecule has 1 fully saturated rings. The summed E-state index contributed by atoms with van der Waals surface area (Å²) in [6.45, 7) is 7.84. The third kappa shape index (κ3) is 2.59. The van der Waals surface area contributed by atoms with Gasteiger partial charge in [0.05, 0.1) is 10.6 Å². The van der Waals surface area contributed by atoms with Gasteiger partial charge in [0.1, 0.15) is 24.0 Å². The van der Waals surface area contributed by atoms with E-state index in [1.807, 2.05) is 33.8 Å². The van der Waals surface area contributed by atoms with E-state index in [1.165, 1.54) is 0 Å². The Hall–Kier alpha value is -1.93. The number of ether oxygens (including phenoxy) is 2. The van der Waals surface area contributed by atoms with E-state index >= 15 is 0 Å². The van der Waals surface area contributed by atoms with Crippen LogP contribution in [0.4, 0.5) is 4.79 Å². The Balaban J connectivity index is 2.22. The van der Waals surface area contributed by atoms with Crippen molar-refractivity contribution >= 4 is 17.7 Å². The van der Waals surface area contributed by atoms with Gasteiger partial charge in [-0.2, -0.15) is 5.26 Å². The first kappa shape index (κ1) is 16.4.